The molecule has 2 unspecified atom stereocenters. The molecular formula is C45H50N8O7. The molecule has 3 aliphatic rings. The lowest BCUT2D eigenvalue weighted by Gasteiger charge is -2.41. The molecule has 3 fully saturated rings. The molecule has 4 aromatic carbocycles. The highest BCUT2D eigenvalue weighted by Gasteiger charge is 2.34. The minimum Gasteiger partial charge on any atom is -0.507 e. The summed E-state index contributed by atoms with van der Waals surface area (Å²) in [6, 6.07) is 25.7. The standard InChI is InChI=1S/C25H28N4O5.C20H22N4O2/c1-16-6-7-19-21(12-16)26-23(20-4-2-3-5-22(20)31)27-24(19)29-10-9-28(13-17(29)14-30)25(32)34-18-8-11-33-15-18;1-13-6-7-15-17(10-13)22-19(16-4-2-3-5-18(16)26)23-20(15)24-9-8-21-11-14(24)12-25/h2-7,12,17-18,30-31H,8-11,13-15H2,1H3;2-7,10,14,21,25-26H,8-9,11-12H2,1H3/t17?,18-;/m0./s1. The van der Waals surface area contributed by atoms with E-state index < -0.39 is 0 Å². The van der Waals surface area contributed by atoms with Crippen LogP contribution in [0.5, 0.6) is 11.5 Å². The zero-order chi connectivity index (χ0) is 41.8. The quantitative estimate of drug-likeness (QED) is 0.148. The smallest absolute Gasteiger partial charge is 0.410 e. The number of ether oxygens (including phenoxy) is 2. The van der Waals surface area contributed by atoms with E-state index in [1.54, 1.807) is 35.2 Å². The van der Waals surface area contributed by atoms with Crippen LogP contribution in [0.3, 0.4) is 0 Å². The number of benzene rings is 4. The Morgan fingerprint density at radius 2 is 1.32 bits per heavy atom. The Labute approximate surface area is 347 Å². The van der Waals surface area contributed by atoms with Crippen LogP contribution in [-0.4, -0.2) is 135 Å². The third-order valence-corrected chi connectivity index (χ3v) is 11.2. The number of nitrogens with zero attached hydrogens (tertiary/aromatic N) is 7. The molecule has 1 amide bonds. The number of phenolic OH excluding ortho intramolecular Hbond substituents is 2. The van der Waals surface area contributed by atoms with Crippen LogP contribution in [0.1, 0.15) is 17.5 Å². The summed E-state index contributed by atoms with van der Waals surface area (Å²) in [4.78, 5) is 37.5. The number of rotatable bonds is 7. The number of para-hydroxylation sites is 2. The topological polar surface area (TPSA) is 190 Å². The number of aromatic hydroxyl groups is 2. The predicted octanol–water partition coefficient (Wildman–Crippen LogP) is 4.80. The van der Waals surface area contributed by atoms with Crippen molar-refractivity contribution in [3.63, 3.8) is 0 Å². The van der Waals surface area contributed by atoms with Crippen LogP contribution >= 0.6 is 0 Å². The number of carbonyl (C=O) groups excluding carboxylic acids is 1. The van der Waals surface area contributed by atoms with Crippen molar-refractivity contribution in [3.05, 3.63) is 96.1 Å². The predicted molar refractivity (Wildman–Crippen MR) is 229 cm³/mol. The summed E-state index contributed by atoms with van der Waals surface area (Å²) in [5, 5.41) is 45.8. The van der Waals surface area contributed by atoms with Gasteiger partial charge in [-0.3, -0.25) is 0 Å². The Morgan fingerprint density at radius 3 is 1.85 bits per heavy atom. The molecule has 15 heteroatoms. The number of nitrogens with one attached hydrogen (secondary N) is 1. The Morgan fingerprint density at radius 1 is 0.750 bits per heavy atom. The summed E-state index contributed by atoms with van der Waals surface area (Å²) in [5.41, 5.74) is 4.90. The number of aryl methyl sites for hydroxylation is 2. The van der Waals surface area contributed by atoms with E-state index in [9.17, 15) is 25.2 Å². The highest BCUT2D eigenvalue weighted by atomic mass is 16.6. The molecule has 0 saturated carbocycles. The van der Waals surface area contributed by atoms with Crippen molar-refractivity contribution >= 4 is 39.5 Å². The number of carbonyl (C=O) groups is 1. The zero-order valence-electron chi connectivity index (χ0n) is 33.7. The maximum atomic E-state index is 12.7. The molecule has 5 N–H and O–H groups in total. The van der Waals surface area contributed by atoms with Gasteiger partial charge in [-0.15, -0.1) is 0 Å². The summed E-state index contributed by atoms with van der Waals surface area (Å²) in [6.07, 6.45) is 0.108. The van der Waals surface area contributed by atoms with Crippen LogP contribution in [0, 0.1) is 13.8 Å². The van der Waals surface area contributed by atoms with Gasteiger partial charge < -0.3 is 49.9 Å². The molecule has 6 aromatic rings. The number of phenols is 2. The van der Waals surface area contributed by atoms with E-state index >= 15 is 0 Å². The first-order valence-electron chi connectivity index (χ1n) is 20.3. The van der Waals surface area contributed by atoms with Gasteiger partial charge in [0.05, 0.1) is 60.7 Å². The highest BCUT2D eigenvalue weighted by Crippen LogP contribution is 2.35. The van der Waals surface area contributed by atoms with Crippen molar-refractivity contribution < 1.29 is 34.7 Å². The van der Waals surface area contributed by atoms with E-state index in [1.165, 1.54) is 0 Å². The van der Waals surface area contributed by atoms with Gasteiger partial charge in [0.2, 0.25) is 0 Å². The first-order valence-corrected chi connectivity index (χ1v) is 20.3. The van der Waals surface area contributed by atoms with Crippen molar-refractivity contribution in [3.8, 4) is 34.3 Å². The van der Waals surface area contributed by atoms with E-state index in [1.807, 2.05) is 73.3 Å². The van der Waals surface area contributed by atoms with Gasteiger partial charge in [0.25, 0.3) is 0 Å². The van der Waals surface area contributed by atoms with Crippen LogP contribution in [0.15, 0.2) is 84.9 Å². The molecule has 312 valence electrons. The van der Waals surface area contributed by atoms with Crippen LogP contribution in [0.25, 0.3) is 44.6 Å². The molecule has 5 heterocycles. The molecule has 60 heavy (non-hydrogen) atoms. The summed E-state index contributed by atoms with van der Waals surface area (Å²) in [6.45, 7) is 8.47. The maximum absolute atomic E-state index is 12.7. The fourth-order valence-electron chi connectivity index (χ4n) is 7.93. The second-order valence-electron chi connectivity index (χ2n) is 15.4. The van der Waals surface area contributed by atoms with Crippen molar-refractivity contribution in [2.24, 2.45) is 0 Å². The van der Waals surface area contributed by atoms with Crippen molar-refractivity contribution in [1.29, 1.82) is 0 Å². The number of anilines is 2. The fraction of sp³-hybridized carbons (Fsp3) is 0.356. The first-order chi connectivity index (χ1) is 29.2. The number of aliphatic hydroxyl groups is 2. The summed E-state index contributed by atoms with van der Waals surface area (Å²) >= 11 is 0. The van der Waals surface area contributed by atoms with Crippen molar-refractivity contribution in [2.45, 2.75) is 38.5 Å². The second kappa shape index (κ2) is 18.0. The lowest BCUT2D eigenvalue weighted by atomic mass is 10.1. The number of hydrogen-bond acceptors (Lipinski definition) is 14. The van der Waals surface area contributed by atoms with Gasteiger partial charge in [-0.25, -0.2) is 24.7 Å². The number of hydrogen-bond donors (Lipinski definition) is 5. The number of piperazine rings is 2. The average Bonchev–Trinajstić information content (AvgIpc) is 3.78. The molecule has 0 spiro atoms. The molecule has 0 aliphatic carbocycles. The maximum Gasteiger partial charge on any atom is 0.410 e. The largest absolute Gasteiger partial charge is 0.507 e. The summed E-state index contributed by atoms with van der Waals surface area (Å²) < 4.78 is 10.9. The number of fused-ring (bicyclic) bond motifs is 2. The number of aliphatic hydroxyl groups excluding tert-OH is 2. The van der Waals surface area contributed by atoms with E-state index in [-0.39, 0.29) is 49.0 Å². The average molecular weight is 815 g/mol. The van der Waals surface area contributed by atoms with Crippen LogP contribution < -0.4 is 15.1 Å². The lowest BCUT2D eigenvalue weighted by molar-refractivity contribution is 0.0477. The summed E-state index contributed by atoms with van der Waals surface area (Å²) in [7, 11) is 0. The van der Waals surface area contributed by atoms with Gasteiger partial charge in [0.15, 0.2) is 11.6 Å². The van der Waals surface area contributed by atoms with E-state index in [0.717, 1.165) is 51.8 Å². The van der Waals surface area contributed by atoms with Gasteiger partial charge >= 0.3 is 6.09 Å². The third kappa shape index (κ3) is 8.61. The van der Waals surface area contributed by atoms with Gasteiger partial charge in [0.1, 0.15) is 29.2 Å². The normalized spacial score (nSPS) is 19.3. The van der Waals surface area contributed by atoms with Gasteiger partial charge in [-0.05, 0) is 73.5 Å². The fourth-order valence-corrected chi connectivity index (χ4v) is 7.93. The molecule has 2 aromatic heterocycles. The van der Waals surface area contributed by atoms with Crippen molar-refractivity contribution in [1.82, 2.24) is 30.2 Å². The van der Waals surface area contributed by atoms with Crippen LogP contribution in [-0.2, 0) is 9.47 Å². The van der Waals surface area contributed by atoms with E-state index in [4.69, 9.17) is 29.4 Å². The molecule has 0 bridgehead atoms. The lowest BCUT2D eigenvalue weighted by Crippen LogP contribution is -2.57. The molecule has 3 aliphatic heterocycles. The Hall–Kier alpha value is -6.13. The molecule has 0 radical (unpaired) electrons. The van der Waals surface area contributed by atoms with Crippen LogP contribution in [0.2, 0.25) is 0 Å². The Kier molecular flexibility index (Phi) is 12.2. The minimum atomic E-state index is -0.383. The highest BCUT2D eigenvalue weighted by molar-refractivity contribution is 5.93. The molecule has 9 rings (SSSR count). The molecule has 3 atom stereocenters. The summed E-state index contributed by atoms with van der Waals surface area (Å²) in [5.74, 6) is 2.62. The van der Waals surface area contributed by atoms with Gasteiger partial charge in [0, 0.05) is 56.5 Å². The SMILES string of the molecule is Cc1ccc2c(N3CCN(C(=O)O[C@H]4CCOC4)CC3CO)nc(-c3ccccc3O)nc2c1.Cc1ccc2c(N3CCNCC3CO)nc(-c3ccccc3O)nc2c1. The van der Waals surface area contributed by atoms with Crippen LogP contribution in [0.4, 0.5) is 16.4 Å². The Balaban J connectivity index is 0.000000172. The van der Waals surface area contributed by atoms with E-state index in [2.05, 4.69) is 10.2 Å². The minimum absolute atomic E-state index is 0.0413. The number of amides is 1. The van der Waals surface area contributed by atoms with E-state index in [0.29, 0.717) is 74.4 Å². The van der Waals surface area contributed by atoms with Gasteiger partial charge in [-0.2, -0.15) is 0 Å². The van der Waals surface area contributed by atoms with Gasteiger partial charge in [-0.1, -0.05) is 36.4 Å². The number of aromatic nitrogens is 4. The molecule has 15 nitrogen and oxygen atoms in total. The second-order valence-corrected chi connectivity index (χ2v) is 15.4. The Bertz CT molecular complexity index is 2480. The van der Waals surface area contributed by atoms with Crippen molar-refractivity contribution in [2.75, 3.05) is 75.5 Å². The molecule has 3 saturated heterocycles. The first kappa shape index (κ1) is 40.6. The third-order valence-electron chi connectivity index (χ3n) is 11.2. The zero-order valence-corrected chi connectivity index (χ0v) is 33.7. The monoisotopic (exact) mass is 814 g/mol. The molecular weight excluding hydrogens is 765 g/mol.